The van der Waals surface area contributed by atoms with Crippen LogP contribution >= 0.6 is 0 Å². The van der Waals surface area contributed by atoms with Crippen LogP contribution in [0.25, 0.3) is 27.8 Å². The van der Waals surface area contributed by atoms with Gasteiger partial charge in [-0.15, -0.1) is 0 Å². The molecule has 0 fully saturated rings. The zero-order chi connectivity index (χ0) is 26.2. The highest BCUT2D eigenvalue weighted by molar-refractivity contribution is 5.99. The molecular weight excluding hydrogens is 468 g/mol. The number of rotatable bonds is 2. The number of phenols is 2. The first-order valence-electron chi connectivity index (χ1n) is 12.0. The van der Waals surface area contributed by atoms with Gasteiger partial charge in [-0.3, -0.25) is 13.9 Å². The van der Waals surface area contributed by atoms with E-state index in [0.717, 1.165) is 32.6 Å². The van der Waals surface area contributed by atoms with Crippen LogP contribution in [0, 0.1) is 13.8 Å². The second kappa shape index (κ2) is 7.89. The number of phenolic OH excluding ortho intramolecular Hbond substituents is 2. The molecule has 37 heavy (non-hydrogen) atoms. The topological polar surface area (TPSA) is 101 Å². The summed E-state index contributed by atoms with van der Waals surface area (Å²) < 4.78 is 4.62. The Morgan fingerprint density at radius 2 is 1.57 bits per heavy atom. The molecule has 0 spiro atoms. The summed E-state index contributed by atoms with van der Waals surface area (Å²) in [5.41, 5.74) is 5.95. The number of nitrogens with one attached hydrogen (secondary N) is 1. The Morgan fingerprint density at radius 1 is 0.865 bits per heavy atom. The average Bonchev–Trinajstić information content (AvgIpc) is 3.25. The van der Waals surface area contributed by atoms with Crippen molar-refractivity contribution in [1.29, 1.82) is 0 Å². The zero-order valence-corrected chi connectivity index (χ0v) is 20.9. The highest BCUT2D eigenvalue weighted by atomic mass is 16.3. The Kier molecular flexibility index (Phi) is 4.85. The van der Waals surface area contributed by atoms with Crippen LogP contribution in [0.4, 0.5) is 5.69 Å². The summed E-state index contributed by atoms with van der Waals surface area (Å²) in [4.78, 5) is 26.9. The number of fused-ring (bicyclic) bond motifs is 5. The molecule has 1 aliphatic heterocycles. The largest absolute Gasteiger partial charge is 0.504 e. The van der Waals surface area contributed by atoms with Crippen molar-refractivity contribution in [3.8, 4) is 28.4 Å². The minimum atomic E-state index is -0.667. The third kappa shape index (κ3) is 3.08. The summed E-state index contributed by atoms with van der Waals surface area (Å²) in [5, 5.41) is 25.2. The van der Waals surface area contributed by atoms with E-state index >= 15 is 0 Å². The number of benzene rings is 3. The maximum atomic E-state index is 13.7. The number of aryl methyl sites for hydroxylation is 3. The van der Waals surface area contributed by atoms with Crippen LogP contribution in [-0.4, -0.2) is 23.9 Å². The molecule has 0 saturated heterocycles. The van der Waals surface area contributed by atoms with Crippen molar-refractivity contribution in [2.75, 3.05) is 5.32 Å². The molecule has 0 radical (unpaired) electrons. The fourth-order valence-electron chi connectivity index (χ4n) is 5.41. The van der Waals surface area contributed by atoms with Gasteiger partial charge in [0.2, 0.25) is 0 Å². The third-order valence-corrected chi connectivity index (χ3v) is 7.44. The first-order chi connectivity index (χ1) is 17.7. The Morgan fingerprint density at radius 3 is 2.30 bits per heavy atom. The predicted octanol–water partition coefficient (Wildman–Crippen LogP) is 4.24. The van der Waals surface area contributed by atoms with Crippen LogP contribution in [0.2, 0.25) is 0 Å². The molecule has 5 aromatic rings. The van der Waals surface area contributed by atoms with Gasteiger partial charge in [0.25, 0.3) is 5.56 Å². The molecule has 1 aliphatic rings. The standard InChI is InChI=1S/C29H26N4O4/c1-15-13-19-20(14-16(15)2)33-24(17-9-6-5-7-10-17)22-25(31(3)29(37)32(4)28(22)36)26(33)23(30-19)18-11-8-12-21(34)27(18)35/h5-14,23,30,34-35H,1-4H3/t23-/m0/s1. The molecule has 8 nitrogen and oxygen atoms in total. The maximum Gasteiger partial charge on any atom is 0.331 e. The van der Waals surface area contributed by atoms with Crippen molar-refractivity contribution in [2.45, 2.75) is 19.9 Å². The van der Waals surface area contributed by atoms with Crippen molar-refractivity contribution in [1.82, 2.24) is 13.7 Å². The Hall–Kier alpha value is -4.72. The van der Waals surface area contributed by atoms with Crippen molar-refractivity contribution >= 4 is 16.6 Å². The van der Waals surface area contributed by atoms with Crippen LogP contribution in [-0.2, 0) is 14.1 Å². The van der Waals surface area contributed by atoms with Crippen molar-refractivity contribution in [2.24, 2.45) is 14.1 Å². The number of para-hydroxylation sites is 1. The molecule has 2 aromatic heterocycles. The number of nitrogens with zero attached hydrogens (tertiary/aromatic N) is 3. The second-order valence-corrected chi connectivity index (χ2v) is 9.61. The second-order valence-electron chi connectivity index (χ2n) is 9.61. The summed E-state index contributed by atoms with van der Waals surface area (Å²) in [5.74, 6) is -0.510. The van der Waals surface area contributed by atoms with Crippen LogP contribution in [0.5, 0.6) is 11.5 Å². The molecule has 186 valence electrons. The predicted molar refractivity (Wildman–Crippen MR) is 144 cm³/mol. The van der Waals surface area contributed by atoms with E-state index in [0.29, 0.717) is 27.9 Å². The van der Waals surface area contributed by atoms with Crippen molar-refractivity contribution in [3.63, 3.8) is 0 Å². The van der Waals surface area contributed by atoms with E-state index in [-0.39, 0.29) is 11.5 Å². The van der Waals surface area contributed by atoms with Gasteiger partial charge < -0.3 is 20.1 Å². The van der Waals surface area contributed by atoms with Gasteiger partial charge in [-0.1, -0.05) is 42.5 Å². The molecule has 0 amide bonds. The number of aromatic hydroxyl groups is 2. The van der Waals surface area contributed by atoms with Gasteiger partial charge in [0.15, 0.2) is 11.5 Å². The summed E-state index contributed by atoms with van der Waals surface area (Å²) in [6.45, 7) is 4.06. The van der Waals surface area contributed by atoms with E-state index < -0.39 is 17.3 Å². The third-order valence-electron chi connectivity index (χ3n) is 7.44. The highest BCUT2D eigenvalue weighted by Gasteiger charge is 2.36. The lowest BCUT2D eigenvalue weighted by Crippen LogP contribution is -2.37. The van der Waals surface area contributed by atoms with E-state index in [1.54, 1.807) is 19.2 Å². The summed E-state index contributed by atoms with van der Waals surface area (Å²) in [6, 6.07) is 17.9. The van der Waals surface area contributed by atoms with Gasteiger partial charge in [-0.2, -0.15) is 0 Å². The molecule has 3 N–H and O–H groups in total. The minimum Gasteiger partial charge on any atom is -0.504 e. The van der Waals surface area contributed by atoms with Crippen LogP contribution < -0.4 is 16.6 Å². The van der Waals surface area contributed by atoms with E-state index in [4.69, 9.17) is 0 Å². The van der Waals surface area contributed by atoms with E-state index in [9.17, 15) is 19.8 Å². The normalized spacial score (nSPS) is 14.3. The van der Waals surface area contributed by atoms with E-state index in [1.165, 1.54) is 17.7 Å². The Bertz CT molecular complexity index is 1860. The fourth-order valence-corrected chi connectivity index (χ4v) is 5.41. The highest BCUT2D eigenvalue weighted by Crippen LogP contribution is 2.48. The lowest BCUT2D eigenvalue weighted by Gasteiger charge is -2.32. The molecule has 0 unspecified atom stereocenters. The zero-order valence-electron chi connectivity index (χ0n) is 20.9. The maximum absolute atomic E-state index is 13.7. The Labute approximate surface area is 212 Å². The number of hydrogen-bond donors (Lipinski definition) is 3. The SMILES string of the molecule is Cc1cc2c(cc1C)-n1c(-c3ccccc3)c3c(=O)n(C)c(=O)n(C)c3c1[C@H](c1cccc(O)c1O)N2. The first kappa shape index (κ1) is 22.7. The van der Waals surface area contributed by atoms with Gasteiger partial charge in [-0.25, -0.2) is 4.79 Å². The fraction of sp³-hybridized carbons (Fsp3) is 0.172. The molecule has 0 bridgehead atoms. The lowest BCUT2D eigenvalue weighted by atomic mass is 9.97. The van der Waals surface area contributed by atoms with E-state index in [1.807, 2.05) is 54.8 Å². The minimum absolute atomic E-state index is 0.249. The monoisotopic (exact) mass is 494 g/mol. The van der Waals surface area contributed by atoms with Crippen LogP contribution in [0.3, 0.4) is 0 Å². The molecule has 1 atom stereocenters. The Balaban J connectivity index is 1.89. The summed E-state index contributed by atoms with van der Waals surface area (Å²) in [7, 11) is 3.13. The molecule has 0 aliphatic carbocycles. The molecule has 3 aromatic carbocycles. The van der Waals surface area contributed by atoms with Crippen LogP contribution in [0.1, 0.15) is 28.4 Å². The molecule has 0 saturated carbocycles. The van der Waals surface area contributed by atoms with Crippen molar-refractivity contribution in [3.05, 3.63) is 104 Å². The van der Waals surface area contributed by atoms with Gasteiger partial charge in [0, 0.05) is 19.7 Å². The van der Waals surface area contributed by atoms with Crippen molar-refractivity contribution < 1.29 is 10.2 Å². The molecule has 3 heterocycles. The lowest BCUT2D eigenvalue weighted by molar-refractivity contribution is 0.398. The van der Waals surface area contributed by atoms with E-state index in [2.05, 4.69) is 11.4 Å². The molecule has 6 rings (SSSR count). The van der Waals surface area contributed by atoms with Gasteiger partial charge in [0.05, 0.1) is 39.7 Å². The quantitative estimate of drug-likeness (QED) is 0.319. The number of hydrogen-bond acceptors (Lipinski definition) is 5. The van der Waals surface area contributed by atoms with Gasteiger partial charge in [-0.05, 0) is 48.7 Å². The summed E-state index contributed by atoms with van der Waals surface area (Å²) in [6.07, 6.45) is 0. The molecule has 8 heteroatoms. The number of anilines is 1. The smallest absolute Gasteiger partial charge is 0.331 e. The first-order valence-corrected chi connectivity index (χ1v) is 12.0. The van der Waals surface area contributed by atoms with Crippen LogP contribution in [0.15, 0.2) is 70.3 Å². The number of aromatic nitrogens is 3. The molecular formula is C29H26N4O4. The van der Waals surface area contributed by atoms with Gasteiger partial charge >= 0.3 is 5.69 Å². The van der Waals surface area contributed by atoms with Gasteiger partial charge in [0.1, 0.15) is 0 Å². The summed E-state index contributed by atoms with van der Waals surface area (Å²) >= 11 is 0. The average molecular weight is 495 g/mol.